The first-order chi connectivity index (χ1) is 15.4. The first-order valence-corrected chi connectivity index (χ1v) is 10.9. The molecule has 0 bridgehead atoms. The highest BCUT2D eigenvalue weighted by atomic mass is 35.5. The van der Waals surface area contributed by atoms with E-state index in [0.29, 0.717) is 50.0 Å². The van der Waals surface area contributed by atoms with Gasteiger partial charge in [0.1, 0.15) is 11.9 Å². The number of urea groups is 1. The van der Waals surface area contributed by atoms with Crippen LogP contribution in [0.5, 0.6) is 0 Å². The lowest BCUT2D eigenvalue weighted by Gasteiger charge is -2.37. The minimum atomic E-state index is -0.447. The summed E-state index contributed by atoms with van der Waals surface area (Å²) in [6, 6.07) is 6.82. The normalized spacial score (nSPS) is 18.8. The zero-order chi connectivity index (χ0) is 23.1. The number of halogens is 1. The van der Waals surface area contributed by atoms with Crippen LogP contribution in [-0.2, 0) is 9.59 Å². The molecule has 2 aromatic rings. The van der Waals surface area contributed by atoms with Crippen molar-refractivity contribution in [1.82, 2.24) is 20.5 Å². The van der Waals surface area contributed by atoms with Crippen molar-refractivity contribution in [3.63, 3.8) is 0 Å². The number of hydrogen-bond acceptors (Lipinski definition) is 6. The fourth-order valence-electron chi connectivity index (χ4n) is 3.93. The molecule has 4 rings (SSSR count). The van der Waals surface area contributed by atoms with E-state index in [1.54, 1.807) is 11.0 Å². The van der Waals surface area contributed by atoms with Gasteiger partial charge in [-0.15, -0.1) is 0 Å². The molecule has 2 fully saturated rings. The van der Waals surface area contributed by atoms with E-state index >= 15 is 0 Å². The number of pyridine rings is 1. The highest BCUT2D eigenvalue weighted by Gasteiger charge is 2.27. The van der Waals surface area contributed by atoms with Gasteiger partial charge in [0.15, 0.2) is 0 Å². The van der Waals surface area contributed by atoms with Gasteiger partial charge in [0, 0.05) is 54.9 Å². The fourth-order valence-corrected chi connectivity index (χ4v) is 4.10. The van der Waals surface area contributed by atoms with E-state index in [1.165, 1.54) is 0 Å². The van der Waals surface area contributed by atoms with Crippen LogP contribution in [0.3, 0.4) is 0 Å². The van der Waals surface area contributed by atoms with Gasteiger partial charge in [-0.3, -0.25) is 9.59 Å². The minimum absolute atomic E-state index is 0.0909. The fraction of sp³-hybridized carbons (Fsp3) is 0.429. The van der Waals surface area contributed by atoms with Gasteiger partial charge in [0.2, 0.25) is 12.3 Å². The lowest BCUT2D eigenvalue weighted by atomic mass is 10.1. The number of rotatable bonds is 2. The van der Waals surface area contributed by atoms with E-state index in [2.05, 4.69) is 26.3 Å². The van der Waals surface area contributed by atoms with Crippen LogP contribution in [0.15, 0.2) is 24.3 Å². The van der Waals surface area contributed by atoms with Crippen LogP contribution >= 0.6 is 11.6 Å². The second kappa shape index (κ2) is 10.9. The van der Waals surface area contributed by atoms with Gasteiger partial charge in [-0.25, -0.2) is 9.78 Å². The van der Waals surface area contributed by atoms with Crippen molar-refractivity contribution in [3.05, 3.63) is 29.3 Å². The second-order valence-corrected chi connectivity index (χ2v) is 8.06. The monoisotopic (exact) mass is 461 g/mol. The van der Waals surface area contributed by atoms with Gasteiger partial charge < -0.3 is 31.9 Å². The van der Waals surface area contributed by atoms with Crippen LogP contribution in [0, 0.1) is 0 Å². The summed E-state index contributed by atoms with van der Waals surface area (Å²) in [5, 5.41) is 7.34. The molecule has 1 aromatic heterocycles. The Morgan fingerprint density at radius 1 is 1.22 bits per heavy atom. The average molecular weight is 462 g/mol. The van der Waals surface area contributed by atoms with Crippen LogP contribution in [0.25, 0.3) is 10.9 Å². The molecule has 0 aliphatic carbocycles. The number of carbonyl (C=O) groups excluding carboxylic acids is 3. The molecule has 3 heterocycles. The Kier molecular flexibility index (Phi) is 7.93. The van der Waals surface area contributed by atoms with Gasteiger partial charge in [-0.1, -0.05) is 11.6 Å². The van der Waals surface area contributed by atoms with Crippen molar-refractivity contribution in [2.24, 2.45) is 5.73 Å². The van der Waals surface area contributed by atoms with Crippen molar-refractivity contribution >= 4 is 52.4 Å². The number of carbonyl (C=O) groups is 3. The molecule has 10 nitrogen and oxygen atoms in total. The van der Waals surface area contributed by atoms with Crippen LogP contribution in [-0.4, -0.2) is 67.0 Å². The van der Waals surface area contributed by atoms with Crippen LogP contribution in [0.1, 0.15) is 19.3 Å². The quantitative estimate of drug-likeness (QED) is 0.492. The topological polar surface area (TPSA) is 147 Å². The summed E-state index contributed by atoms with van der Waals surface area (Å²) in [5.74, 6) is 0.348. The Balaban J connectivity index is 0.000000913. The molecule has 0 unspecified atom stereocenters. The Bertz CT molecular complexity index is 974. The number of primary amides is 1. The highest BCUT2D eigenvalue weighted by molar-refractivity contribution is 6.31. The van der Waals surface area contributed by atoms with E-state index in [4.69, 9.17) is 22.1 Å². The summed E-state index contributed by atoms with van der Waals surface area (Å²) >= 11 is 6.09. The number of piperazine rings is 1. The maximum absolute atomic E-state index is 12.6. The zero-order valence-electron chi connectivity index (χ0n) is 17.7. The van der Waals surface area contributed by atoms with Crippen molar-refractivity contribution in [1.29, 1.82) is 0 Å². The first kappa shape index (κ1) is 23.4. The molecule has 0 radical (unpaired) electrons. The minimum Gasteiger partial charge on any atom is -0.384 e. The van der Waals surface area contributed by atoms with Gasteiger partial charge in [0.25, 0.3) is 0 Å². The molecule has 32 heavy (non-hydrogen) atoms. The number of nitrogens with one attached hydrogen (secondary N) is 2. The third-order valence-electron chi connectivity index (χ3n) is 5.51. The van der Waals surface area contributed by atoms with Gasteiger partial charge >= 0.3 is 6.03 Å². The van der Waals surface area contributed by atoms with E-state index < -0.39 is 6.04 Å². The lowest BCUT2D eigenvalue weighted by molar-refractivity contribution is -0.122. The Labute approximate surface area is 191 Å². The number of benzene rings is 1. The molecule has 2 saturated heterocycles. The summed E-state index contributed by atoms with van der Waals surface area (Å²) in [5.41, 5.74) is 11.9. The average Bonchev–Trinajstić information content (AvgIpc) is 2.97. The second-order valence-electron chi connectivity index (χ2n) is 7.63. The smallest absolute Gasteiger partial charge is 0.318 e. The number of nitrogens with two attached hydrogens (primary N) is 2. The summed E-state index contributed by atoms with van der Waals surface area (Å²) < 4.78 is 0. The number of anilines is 2. The van der Waals surface area contributed by atoms with Crippen molar-refractivity contribution in [3.8, 4) is 0 Å². The summed E-state index contributed by atoms with van der Waals surface area (Å²) in [6.07, 6.45) is 2.81. The number of fused-ring (bicyclic) bond motifs is 1. The van der Waals surface area contributed by atoms with Gasteiger partial charge in [-0.2, -0.15) is 0 Å². The van der Waals surface area contributed by atoms with Gasteiger partial charge in [0.05, 0.1) is 5.52 Å². The number of hydrogen-bond donors (Lipinski definition) is 4. The molecule has 0 spiro atoms. The largest absolute Gasteiger partial charge is 0.384 e. The Morgan fingerprint density at radius 3 is 2.66 bits per heavy atom. The van der Waals surface area contributed by atoms with Crippen molar-refractivity contribution < 1.29 is 14.4 Å². The standard InChI is InChI=1S/C20H25ClN6O2.CH3NO/c21-13-4-5-14-16(11-13)24-18(22)12-17(14)26-7-9-27(10-8-26)20(29)25-15-3-1-2-6-23-19(15)28;2-1-3/h4-5,11-12,15H,1-3,6-10H2,(H2,22,24)(H,23,28)(H,25,29);1H,(H2,2,3)/t15-;/m0./s1. The van der Waals surface area contributed by atoms with Crippen LogP contribution in [0.4, 0.5) is 16.3 Å². The van der Waals surface area contributed by atoms with E-state index in [0.717, 1.165) is 29.4 Å². The summed E-state index contributed by atoms with van der Waals surface area (Å²) in [4.78, 5) is 41.6. The van der Waals surface area contributed by atoms with Gasteiger partial charge in [-0.05, 0) is 37.5 Å². The lowest BCUT2D eigenvalue weighted by Crippen LogP contribution is -2.55. The molecule has 1 atom stereocenters. The summed E-state index contributed by atoms with van der Waals surface area (Å²) in [6.45, 7) is 3.16. The van der Waals surface area contributed by atoms with E-state index in [-0.39, 0.29) is 18.3 Å². The summed E-state index contributed by atoms with van der Waals surface area (Å²) in [7, 11) is 0. The number of amides is 4. The number of aromatic nitrogens is 1. The number of nitrogens with zero attached hydrogens (tertiary/aromatic N) is 3. The van der Waals surface area contributed by atoms with Crippen LogP contribution < -0.4 is 27.0 Å². The molecule has 2 aliphatic rings. The van der Waals surface area contributed by atoms with E-state index in [9.17, 15) is 9.59 Å². The molecule has 1 aromatic carbocycles. The Morgan fingerprint density at radius 2 is 1.94 bits per heavy atom. The molecular formula is C21H28ClN7O3. The van der Waals surface area contributed by atoms with Crippen molar-refractivity contribution in [2.45, 2.75) is 25.3 Å². The molecule has 2 aliphatic heterocycles. The Hall–Kier alpha value is -3.27. The third kappa shape index (κ3) is 5.70. The third-order valence-corrected chi connectivity index (χ3v) is 5.75. The predicted molar refractivity (Wildman–Crippen MR) is 124 cm³/mol. The molecule has 4 amide bonds. The SMILES string of the molecule is NC=O.Nc1cc(N2CCN(C(=O)N[C@H]3CCCCNC3=O)CC2)c2ccc(Cl)cc2n1. The zero-order valence-corrected chi connectivity index (χ0v) is 18.5. The molecule has 0 saturated carbocycles. The molecule has 172 valence electrons. The van der Waals surface area contributed by atoms with E-state index in [1.807, 2.05) is 18.2 Å². The molecule has 6 N–H and O–H groups in total. The highest BCUT2D eigenvalue weighted by Crippen LogP contribution is 2.30. The van der Waals surface area contributed by atoms with Crippen LogP contribution in [0.2, 0.25) is 5.02 Å². The maximum atomic E-state index is 12.6. The molecule has 11 heteroatoms. The predicted octanol–water partition coefficient (Wildman–Crippen LogP) is 1.07. The maximum Gasteiger partial charge on any atom is 0.318 e. The molecular weight excluding hydrogens is 434 g/mol. The number of nitrogen functional groups attached to an aromatic ring is 1. The van der Waals surface area contributed by atoms with Crippen molar-refractivity contribution in [2.75, 3.05) is 43.4 Å². The first-order valence-electron chi connectivity index (χ1n) is 10.5.